The molecule has 0 atom stereocenters. The van der Waals surface area contributed by atoms with Crippen LogP contribution in [0.25, 0.3) is 10.9 Å². The largest absolute Gasteiger partial charge is 0.361 e. The van der Waals surface area contributed by atoms with Gasteiger partial charge in [-0.05, 0) is 63.0 Å². The fourth-order valence-electron chi connectivity index (χ4n) is 3.99. The highest BCUT2D eigenvalue weighted by atomic mass is 127. The number of unbranched alkanes of at least 4 members (excludes halogenated alkanes) is 1. The summed E-state index contributed by atoms with van der Waals surface area (Å²) in [6.07, 6.45) is 5.13. The average molecular weight is 545 g/mol. The Kier molecular flexibility index (Phi) is 11.6. The van der Waals surface area contributed by atoms with E-state index in [2.05, 4.69) is 39.3 Å². The Hall–Kier alpha value is -1.39. The van der Waals surface area contributed by atoms with Gasteiger partial charge in [0.15, 0.2) is 5.96 Å². The lowest BCUT2D eigenvalue weighted by Gasteiger charge is -2.33. The number of benzene rings is 1. The third-order valence-corrected chi connectivity index (χ3v) is 5.82. The molecule has 8 heteroatoms. The maximum absolute atomic E-state index is 13.3. The first-order chi connectivity index (χ1) is 14.7. The molecule has 2 aromatic rings. The van der Waals surface area contributed by atoms with Crippen molar-refractivity contribution in [3.63, 3.8) is 0 Å². The van der Waals surface area contributed by atoms with Crippen molar-refractivity contribution >= 4 is 40.8 Å². The second kappa shape index (κ2) is 13.9. The fraction of sp³-hybridized carbons (Fsp3) is 0.609. The van der Waals surface area contributed by atoms with E-state index in [1.807, 2.05) is 12.3 Å². The zero-order valence-corrected chi connectivity index (χ0v) is 21.3. The number of fused-ring (bicyclic) bond motifs is 1. The molecule has 3 rings (SSSR count). The summed E-state index contributed by atoms with van der Waals surface area (Å²) >= 11 is 0. The maximum Gasteiger partial charge on any atom is 0.191 e. The second-order valence-corrected chi connectivity index (χ2v) is 7.92. The molecule has 0 spiro atoms. The van der Waals surface area contributed by atoms with Gasteiger partial charge in [-0.25, -0.2) is 4.39 Å². The van der Waals surface area contributed by atoms with E-state index in [1.165, 1.54) is 57.3 Å². The molecule has 1 saturated heterocycles. The second-order valence-electron chi connectivity index (χ2n) is 7.92. The van der Waals surface area contributed by atoms with Crippen LogP contribution in [0.2, 0.25) is 0 Å². The normalized spacial score (nSPS) is 15.8. The molecule has 0 aliphatic carbocycles. The van der Waals surface area contributed by atoms with Crippen molar-refractivity contribution < 1.29 is 4.39 Å². The minimum Gasteiger partial charge on any atom is -0.361 e. The van der Waals surface area contributed by atoms with Crippen LogP contribution in [0.4, 0.5) is 4.39 Å². The van der Waals surface area contributed by atoms with Crippen LogP contribution in [0.1, 0.15) is 32.3 Å². The molecule has 3 N–H and O–H groups in total. The van der Waals surface area contributed by atoms with Gasteiger partial charge >= 0.3 is 0 Å². The van der Waals surface area contributed by atoms with Crippen LogP contribution in [0.3, 0.4) is 0 Å². The van der Waals surface area contributed by atoms with E-state index in [9.17, 15) is 4.39 Å². The fourth-order valence-corrected chi connectivity index (χ4v) is 3.99. The summed E-state index contributed by atoms with van der Waals surface area (Å²) in [6, 6.07) is 4.90. The lowest BCUT2D eigenvalue weighted by Crippen LogP contribution is -2.46. The minimum absolute atomic E-state index is 0. The smallest absolute Gasteiger partial charge is 0.191 e. The van der Waals surface area contributed by atoms with E-state index in [0.29, 0.717) is 0 Å². The van der Waals surface area contributed by atoms with Crippen molar-refractivity contribution in [2.24, 2.45) is 4.99 Å². The predicted molar refractivity (Wildman–Crippen MR) is 139 cm³/mol. The lowest BCUT2D eigenvalue weighted by atomic mass is 10.1. The zero-order chi connectivity index (χ0) is 21.2. The average Bonchev–Trinajstić information content (AvgIpc) is 3.15. The van der Waals surface area contributed by atoms with Crippen LogP contribution >= 0.6 is 24.0 Å². The van der Waals surface area contributed by atoms with E-state index >= 15 is 0 Å². The molecule has 2 heterocycles. The summed E-state index contributed by atoms with van der Waals surface area (Å²) in [5, 5.41) is 7.83. The topological polar surface area (TPSA) is 58.7 Å². The molecule has 1 aliphatic heterocycles. The van der Waals surface area contributed by atoms with Crippen LogP contribution in [0.5, 0.6) is 0 Å². The Balaban J connectivity index is 0.00000341. The highest BCUT2D eigenvalue weighted by molar-refractivity contribution is 14.0. The summed E-state index contributed by atoms with van der Waals surface area (Å²) in [5.74, 6) is 0.666. The summed E-state index contributed by atoms with van der Waals surface area (Å²) in [4.78, 5) is 13.0. The van der Waals surface area contributed by atoms with Crippen molar-refractivity contribution in [3.8, 4) is 0 Å². The van der Waals surface area contributed by atoms with Crippen molar-refractivity contribution in [2.45, 2.75) is 33.1 Å². The first-order valence-corrected chi connectivity index (χ1v) is 11.4. The van der Waals surface area contributed by atoms with Gasteiger partial charge in [-0.3, -0.25) is 4.99 Å². The molecule has 1 fully saturated rings. The number of guanidine groups is 1. The summed E-state index contributed by atoms with van der Waals surface area (Å²) < 4.78 is 13.3. The van der Waals surface area contributed by atoms with Gasteiger partial charge in [-0.2, -0.15) is 0 Å². The first kappa shape index (κ1) is 25.9. The highest BCUT2D eigenvalue weighted by Gasteiger charge is 2.14. The van der Waals surface area contributed by atoms with Gasteiger partial charge in [-0.15, -0.1) is 24.0 Å². The predicted octanol–water partition coefficient (Wildman–Crippen LogP) is 3.44. The number of hydrogen-bond donors (Lipinski definition) is 3. The SMILES string of the molecule is CCNC(=NCCCCN1CCN(CC)CC1)NCCc1c[nH]c2cc(F)ccc12.I. The van der Waals surface area contributed by atoms with Crippen LogP contribution in [0.15, 0.2) is 29.4 Å². The number of rotatable bonds is 10. The third kappa shape index (κ3) is 8.23. The number of likely N-dealkylation sites (N-methyl/N-ethyl adjacent to an activating group) is 1. The number of nitrogens with one attached hydrogen (secondary N) is 3. The number of nitrogens with zero attached hydrogens (tertiary/aromatic N) is 3. The molecule has 1 aromatic carbocycles. The standard InChI is InChI=1S/C23H37FN6.HI/c1-3-25-23(26-10-5-6-12-30-15-13-29(4-2)14-16-30)27-11-9-19-18-28-22-17-20(24)7-8-21(19)22;/h7-8,17-18,28H,3-6,9-16H2,1-2H3,(H2,25,26,27);1H. The van der Waals surface area contributed by atoms with Crippen LogP contribution in [0, 0.1) is 5.82 Å². The van der Waals surface area contributed by atoms with E-state index in [0.717, 1.165) is 49.3 Å². The molecule has 0 saturated carbocycles. The van der Waals surface area contributed by atoms with Crippen LogP contribution in [-0.4, -0.2) is 79.6 Å². The number of halogens is 2. The molecule has 6 nitrogen and oxygen atoms in total. The van der Waals surface area contributed by atoms with Gasteiger partial charge in [0.05, 0.1) is 0 Å². The van der Waals surface area contributed by atoms with Crippen LogP contribution in [-0.2, 0) is 6.42 Å². The molecule has 1 aromatic heterocycles. The Bertz CT molecular complexity index is 800. The monoisotopic (exact) mass is 544 g/mol. The number of aliphatic imine (C=N–C) groups is 1. The van der Waals surface area contributed by atoms with Crippen molar-refractivity contribution in [1.82, 2.24) is 25.4 Å². The number of aromatic nitrogens is 1. The van der Waals surface area contributed by atoms with Gasteiger partial charge in [0.1, 0.15) is 5.82 Å². The maximum atomic E-state index is 13.3. The molecule has 31 heavy (non-hydrogen) atoms. The Morgan fingerprint density at radius 1 is 1.10 bits per heavy atom. The Labute approximate surface area is 203 Å². The van der Waals surface area contributed by atoms with Gasteiger partial charge in [0, 0.05) is 62.9 Å². The number of hydrogen-bond acceptors (Lipinski definition) is 3. The molecule has 174 valence electrons. The molecule has 1 aliphatic rings. The van der Waals surface area contributed by atoms with Gasteiger partial charge in [-0.1, -0.05) is 6.92 Å². The van der Waals surface area contributed by atoms with E-state index < -0.39 is 0 Å². The first-order valence-electron chi connectivity index (χ1n) is 11.4. The van der Waals surface area contributed by atoms with Gasteiger partial charge in [0.25, 0.3) is 0 Å². The number of H-pyrrole nitrogens is 1. The Morgan fingerprint density at radius 3 is 2.61 bits per heavy atom. The lowest BCUT2D eigenvalue weighted by molar-refractivity contribution is 0.136. The van der Waals surface area contributed by atoms with E-state index in [-0.39, 0.29) is 29.8 Å². The van der Waals surface area contributed by atoms with Crippen molar-refractivity contribution in [2.75, 3.05) is 58.9 Å². The molecule has 0 unspecified atom stereocenters. The van der Waals surface area contributed by atoms with Crippen molar-refractivity contribution in [3.05, 3.63) is 35.8 Å². The minimum atomic E-state index is -0.209. The van der Waals surface area contributed by atoms with Gasteiger partial charge < -0.3 is 25.4 Å². The molecule has 0 amide bonds. The van der Waals surface area contributed by atoms with Gasteiger partial charge in [0.2, 0.25) is 0 Å². The zero-order valence-electron chi connectivity index (χ0n) is 18.9. The quantitative estimate of drug-likeness (QED) is 0.186. The highest BCUT2D eigenvalue weighted by Crippen LogP contribution is 2.19. The number of aromatic amines is 1. The van der Waals surface area contributed by atoms with Crippen molar-refractivity contribution in [1.29, 1.82) is 0 Å². The van der Waals surface area contributed by atoms with E-state index in [4.69, 9.17) is 4.99 Å². The molecular formula is C23H38FIN6. The molecule has 0 radical (unpaired) electrons. The van der Waals surface area contributed by atoms with E-state index in [1.54, 1.807) is 6.07 Å². The molecular weight excluding hydrogens is 506 g/mol. The summed E-state index contributed by atoms with van der Waals surface area (Å²) in [5.41, 5.74) is 2.04. The third-order valence-electron chi connectivity index (χ3n) is 5.82. The summed E-state index contributed by atoms with van der Waals surface area (Å²) in [6.45, 7) is 14.0. The molecule has 0 bridgehead atoms. The van der Waals surface area contributed by atoms with Crippen LogP contribution < -0.4 is 10.6 Å². The number of piperazine rings is 1. The summed E-state index contributed by atoms with van der Waals surface area (Å²) in [7, 11) is 0. The Morgan fingerprint density at radius 2 is 1.87 bits per heavy atom.